The molecule has 3 nitrogen and oxygen atoms in total. The van der Waals surface area contributed by atoms with Crippen molar-refractivity contribution in [3.63, 3.8) is 0 Å². The molecular formula is C22H21F2NO2. The summed E-state index contributed by atoms with van der Waals surface area (Å²) in [5.74, 6) is -1.29. The molecule has 0 aliphatic heterocycles. The van der Waals surface area contributed by atoms with Crippen LogP contribution in [0.1, 0.15) is 37.8 Å². The van der Waals surface area contributed by atoms with E-state index in [1.807, 2.05) is 13.8 Å². The molecule has 27 heavy (non-hydrogen) atoms. The fourth-order valence-electron chi connectivity index (χ4n) is 3.25. The summed E-state index contributed by atoms with van der Waals surface area (Å²) in [4.78, 5) is 17.3. The molecule has 0 spiro atoms. The normalized spacial score (nSPS) is 20.0. The lowest BCUT2D eigenvalue weighted by molar-refractivity contribution is -0.117. The maximum atomic E-state index is 13.5. The molecule has 0 atom stereocenters. The zero-order chi connectivity index (χ0) is 19.6. The summed E-state index contributed by atoms with van der Waals surface area (Å²) >= 11 is 0. The second kappa shape index (κ2) is 7.43. The monoisotopic (exact) mass is 369 g/mol. The zero-order valence-electron chi connectivity index (χ0n) is 15.3. The Morgan fingerprint density at radius 2 is 1.78 bits per heavy atom. The lowest BCUT2D eigenvalue weighted by Crippen LogP contribution is -2.32. The van der Waals surface area contributed by atoms with Crippen molar-refractivity contribution in [3.8, 4) is 0 Å². The Hall–Kier alpha value is -2.82. The molecule has 1 aliphatic rings. The van der Waals surface area contributed by atoms with Gasteiger partial charge >= 0.3 is 0 Å². The van der Waals surface area contributed by atoms with Crippen molar-refractivity contribution in [1.29, 1.82) is 0 Å². The molecule has 0 unspecified atom stereocenters. The number of benzene rings is 2. The van der Waals surface area contributed by atoms with Gasteiger partial charge in [0.25, 0.3) is 0 Å². The van der Waals surface area contributed by atoms with Crippen molar-refractivity contribution in [1.82, 2.24) is 0 Å². The van der Waals surface area contributed by atoms with Crippen molar-refractivity contribution in [3.05, 3.63) is 76.9 Å². The van der Waals surface area contributed by atoms with Gasteiger partial charge in [-0.05, 0) is 41.7 Å². The van der Waals surface area contributed by atoms with Crippen LogP contribution in [0.5, 0.6) is 0 Å². The molecular weight excluding hydrogens is 348 g/mol. The van der Waals surface area contributed by atoms with Gasteiger partial charge in [0.1, 0.15) is 17.4 Å². The Bertz CT molecular complexity index is 928. The van der Waals surface area contributed by atoms with Crippen molar-refractivity contribution in [2.75, 3.05) is 0 Å². The van der Waals surface area contributed by atoms with E-state index in [2.05, 4.69) is 4.99 Å². The van der Waals surface area contributed by atoms with Gasteiger partial charge in [0, 0.05) is 12.0 Å². The number of Topliss-reactive ketones (excluding diaryl/α,β-unsaturated/α-hetero) is 1. The first kappa shape index (κ1) is 19.0. The first-order valence-electron chi connectivity index (χ1n) is 8.76. The van der Waals surface area contributed by atoms with E-state index in [1.54, 1.807) is 18.2 Å². The first-order chi connectivity index (χ1) is 12.7. The Balaban J connectivity index is 2.02. The van der Waals surface area contributed by atoms with Crippen molar-refractivity contribution < 1.29 is 18.7 Å². The maximum absolute atomic E-state index is 13.5. The van der Waals surface area contributed by atoms with Crippen molar-refractivity contribution in [2.45, 2.75) is 33.2 Å². The van der Waals surface area contributed by atoms with Crippen LogP contribution in [-0.4, -0.2) is 16.6 Å². The Labute approximate surface area is 157 Å². The summed E-state index contributed by atoms with van der Waals surface area (Å²) in [6.45, 7) is 4.20. The molecule has 0 saturated heterocycles. The topological polar surface area (TPSA) is 49.7 Å². The average Bonchev–Trinajstić information content (AvgIpc) is 2.59. The minimum atomic E-state index is -0.493. The van der Waals surface area contributed by atoms with Crippen LogP contribution in [0.25, 0.3) is 5.76 Å². The van der Waals surface area contributed by atoms with E-state index < -0.39 is 5.82 Å². The molecule has 3 rings (SSSR count). The molecule has 1 saturated carbocycles. The van der Waals surface area contributed by atoms with Gasteiger partial charge in [-0.2, -0.15) is 0 Å². The summed E-state index contributed by atoms with van der Waals surface area (Å²) in [7, 11) is 0. The molecule has 0 radical (unpaired) electrons. The summed E-state index contributed by atoms with van der Waals surface area (Å²) in [5.41, 5.74) is 1.38. The SMILES string of the molecule is CC1(C)CC(=O)/C(=C(/O)c2cccc(F)c2)C(=NCc2ccc(F)cc2)C1. The first-order valence-corrected chi connectivity index (χ1v) is 8.76. The van der Waals surface area contributed by atoms with Crippen molar-refractivity contribution in [2.24, 2.45) is 10.4 Å². The molecule has 1 aliphatic carbocycles. The second-order valence-corrected chi connectivity index (χ2v) is 7.56. The van der Waals surface area contributed by atoms with Gasteiger partial charge in [0.05, 0.1) is 17.8 Å². The van der Waals surface area contributed by atoms with Crippen LogP contribution < -0.4 is 0 Å². The third-order valence-electron chi connectivity index (χ3n) is 4.55. The predicted octanol–water partition coefficient (Wildman–Crippen LogP) is 5.26. The predicted molar refractivity (Wildman–Crippen MR) is 102 cm³/mol. The number of hydrogen-bond donors (Lipinski definition) is 1. The summed E-state index contributed by atoms with van der Waals surface area (Å²) < 4.78 is 26.6. The van der Waals surface area contributed by atoms with Crippen LogP contribution in [0.3, 0.4) is 0 Å². The highest BCUT2D eigenvalue weighted by Gasteiger charge is 2.36. The van der Waals surface area contributed by atoms with E-state index in [-0.39, 0.29) is 46.9 Å². The molecule has 2 aromatic carbocycles. The van der Waals surface area contributed by atoms with Gasteiger partial charge in [-0.1, -0.05) is 38.1 Å². The average molecular weight is 369 g/mol. The number of carbonyl (C=O) groups is 1. The van der Waals surface area contributed by atoms with Crippen LogP contribution in [0.15, 0.2) is 59.1 Å². The summed E-state index contributed by atoms with van der Waals surface area (Å²) in [5, 5.41) is 10.7. The van der Waals surface area contributed by atoms with Gasteiger partial charge in [-0.25, -0.2) is 8.78 Å². The van der Waals surface area contributed by atoms with Crippen LogP contribution >= 0.6 is 0 Å². The lowest BCUT2D eigenvalue weighted by atomic mass is 9.73. The highest BCUT2D eigenvalue weighted by molar-refractivity contribution is 6.28. The number of rotatable bonds is 3. The number of aliphatic hydroxyl groups is 1. The Morgan fingerprint density at radius 3 is 2.44 bits per heavy atom. The fourth-order valence-corrected chi connectivity index (χ4v) is 3.25. The molecule has 0 amide bonds. The minimum absolute atomic E-state index is 0.141. The van der Waals surface area contributed by atoms with Gasteiger partial charge < -0.3 is 5.11 Å². The third kappa shape index (κ3) is 4.48. The van der Waals surface area contributed by atoms with Gasteiger partial charge in [-0.3, -0.25) is 9.79 Å². The van der Waals surface area contributed by atoms with Crippen LogP contribution in [-0.2, 0) is 11.3 Å². The number of allylic oxidation sites excluding steroid dienone is 1. The molecule has 2 aromatic rings. The number of nitrogens with zero attached hydrogens (tertiary/aromatic N) is 1. The van der Waals surface area contributed by atoms with E-state index in [0.717, 1.165) is 5.56 Å². The molecule has 0 bridgehead atoms. The lowest BCUT2D eigenvalue weighted by Gasteiger charge is -2.31. The zero-order valence-corrected chi connectivity index (χ0v) is 15.3. The smallest absolute Gasteiger partial charge is 0.168 e. The van der Waals surface area contributed by atoms with E-state index in [1.165, 1.54) is 30.3 Å². The Kier molecular flexibility index (Phi) is 5.22. The van der Waals surface area contributed by atoms with Gasteiger partial charge in [0.2, 0.25) is 0 Å². The largest absolute Gasteiger partial charge is 0.506 e. The second-order valence-electron chi connectivity index (χ2n) is 7.56. The van der Waals surface area contributed by atoms with Crippen LogP contribution in [0.2, 0.25) is 0 Å². The summed E-state index contributed by atoms with van der Waals surface area (Å²) in [6.07, 6.45) is 0.784. The fraction of sp³-hybridized carbons (Fsp3) is 0.273. The number of hydrogen-bond acceptors (Lipinski definition) is 3. The number of carbonyl (C=O) groups excluding carboxylic acids is 1. The van der Waals surface area contributed by atoms with E-state index in [0.29, 0.717) is 12.1 Å². The van der Waals surface area contributed by atoms with E-state index in [4.69, 9.17) is 0 Å². The van der Waals surface area contributed by atoms with Gasteiger partial charge in [-0.15, -0.1) is 0 Å². The third-order valence-corrected chi connectivity index (χ3v) is 4.55. The van der Waals surface area contributed by atoms with E-state index in [9.17, 15) is 18.7 Å². The standard InChI is InChI=1S/C22H21F2NO2/c1-22(2)11-18(25-13-14-6-8-16(23)9-7-14)20(19(26)12-22)21(27)15-4-3-5-17(24)10-15/h3-10,27H,11-13H2,1-2H3/b21-20+,25-18?. The number of ketones is 1. The number of aliphatic hydroxyl groups excluding tert-OH is 1. The van der Waals surface area contributed by atoms with Crippen LogP contribution in [0, 0.1) is 17.0 Å². The van der Waals surface area contributed by atoms with E-state index >= 15 is 0 Å². The summed E-state index contributed by atoms with van der Waals surface area (Å²) in [6, 6.07) is 11.5. The molecule has 0 heterocycles. The minimum Gasteiger partial charge on any atom is -0.506 e. The molecule has 140 valence electrons. The van der Waals surface area contributed by atoms with Crippen LogP contribution in [0.4, 0.5) is 8.78 Å². The maximum Gasteiger partial charge on any atom is 0.168 e. The molecule has 5 heteroatoms. The Morgan fingerprint density at radius 1 is 1.07 bits per heavy atom. The quantitative estimate of drug-likeness (QED) is 0.592. The number of aliphatic imine (C=N–C) groups is 1. The molecule has 0 aromatic heterocycles. The highest BCUT2D eigenvalue weighted by atomic mass is 19.1. The number of halogens is 2. The molecule has 1 fully saturated rings. The highest BCUT2D eigenvalue weighted by Crippen LogP contribution is 2.37. The van der Waals surface area contributed by atoms with Gasteiger partial charge in [0.15, 0.2) is 5.78 Å². The molecule has 1 N–H and O–H groups in total. The van der Waals surface area contributed by atoms with Crippen molar-refractivity contribution >= 4 is 17.3 Å².